The first-order chi connectivity index (χ1) is 10.3. The molecule has 0 radical (unpaired) electrons. The molecule has 2 atom stereocenters. The van der Waals surface area contributed by atoms with E-state index in [2.05, 4.69) is 5.32 Å². The second kappa shape index (κ2) is 6.37. The number of esters is 1. The first-order valence-corrected chi connectivity index (χ1v) is 6.96. The largest absolute Gasteiger partial charge is 0.465 e. The van der Waals surface area contributed by atoms with Crippen molar-refractivity contribution >= 4 is 11.9 Å². The van der Waals surface area contributed by atoms with Crippen molar-refractivity contribution in [3.05, 3.63) is 35.4 Å². The lowest BCUT2D eigenvalue weighted by Crippen LogP contribution is -2.45. The van der Waals surface area contributed by atoms with Gasteiger partial charge in [-0.15, -0.1) is 0 Å². The van der Waals surface area contributed by atoms with Gasteiger partial charge in [0.15, 0.2) is 0 Å². The van der Waals surface area contributed by atoms with Crippen LogP contribution < -0.4 is 5.32 Å². The molecule has 0 aliphatic carbocycles. The molecule has 1 aromatic carbocycles. The molecule has 2 unspecified atom stereocenters. The minimum absolute atomic E-state index is 0.109. The standard InChI is InChI=1S/C15H16F3NO3/c1-2-22-14(21)12-11(6-7-19-13(12)20)9-4-3-5-10(8-9)15(16,17)18/h3-5,8,11-12H,2,6-7H2,1H3,(H,19,20). The van der Waals surface area contributed by atoms with E-state index in [0.29, 0.717) is 18.5 Å². The van der Waals surface area contributed by atoms with Crippen LogP contribution in [-0.4, -0.2) is 25.0 Å². The highest BCUT2D eigenvalue weighted by Gasteiger charge is 2.40. The Hall–Kier alpha value is -2.05. The van der Waals surface area contributed by atoms with Gasteiger partial charge < -0.3 is 10.1 Å². The molecule has 1 saturated heterocycles. The molecule has 1 amide bonds. The summed E-state index contributed by atoms with van der Waals surface area (Å²) in [7, 11) is 0. The second-order valence-electron chi connectivity index (χ2n) is 5.04. The van der Waals surface area contributed by atoms with Crippen molar-refractivity contribution in [2.24, 2.45) is 5.92 Å². The topological polar surface area (TPSA) is 55.4 Å². The van der Waals surface area contributed by atoms with E-state index in [-0.39, 0.29) is 6.61 Å². The Morgan fingerprint density at radius 2 is 2.14 bits per heavy atom. The minimum atomic E-state index is -4.47. The molecule has 1 aliphatic rings. The van der Waals surface area contributed by atoms with E-state index < -0.39 is 35.5 Å². The molecule has 1 fully saturated rings. The summed E-state index contributed by atoms with van der Waals surface area (Å²) in [6.45, 7) is 2.03. The number of nitrogens with one attached hydrogen (secondary N) is 1. The first kappa shape index (κ1) is 16.3. The number of amides is 1. The Morgan fingerprint density at radius 3 is 2.77 bits per heavy atom. The van der Waals surface area contributed by atoms with Crippen molar-refractivity contribution in [1.82, 2.24) is 5.32 Å². The maximum absolute atomic E-state index is 12.8. The maximum atomic E-state index is 12.8. The Kier molecular flexibility index (Phi) is 4.73. The van der Waals surface area contributed by atoms with Crippen LogP contribution >= 0.6 is 0 Å². The molecule has 0 spiro atoms. The lowest BCUT2D eigenvalue weighted by Gasteiger charge is -2.30. The number of ether oxygens (including phenoxy) is 1. The predicted octanol–water partition coefficient (Wildman–Crippen LogP) is 2.49. The van der Waals surface area contributed by atoms with Gasteiger partial charge in [0.1, 0.15) is 5.92 Å². The van der Waals surface area contributed by atoms with Crippen molar-refractivity contribution < 1.29 is 27.5 Å². The van der Waals surface area contributed by atoms with Crippen molar-refractivity contribution in [2.45, 2.75) is 25.4 Å². The highest BCUT2D eigenvalue weighted by atomic mass is 19.4. The van der Waals surface area contributed by atoms with E-state index in [1.165, 1.54) is 12.1 Å². The van der Waals surface area contributed by atoms with Gasteiger partial charge in [0.2, 0.25) is 5.91 Å². The van der Waals surface area contributed by atoms with Crippen LogP contribution in [0.25, 0.3) is 0 Å². The van der Waals surface area contributed by atoms with Crippen LogP contribution in [0.5, 0.6) is 0 Å². The predicted molar refractivity (Wildman–Crippen MR) is 71.9 cm³/mol. The number of carbonyl (C=O) groups is 2. The zero-order valence-electron chi connectivity index (χ0n) is 11.9. The van der Waals surface area contributed by atoms with E-state index in [4.69, 9.17) is 4.74 Å². The lowest BCUT2D eigenvalue weighted by atomic mass is 9.80. The summed E-state index contributed by atoms with van der Waals surface area (Å²) in [6.07, 6.45) is -4.08. The number of rotatable bonds is 3. The fourth-order valence-electron chi connectivity index (χ4n) is 2.62. The molecule has 7 heteroatoms. The van der Waals surface area contributed by atoms with E-state index in [1.54, 1.807) is 6.92 Å². The third-order valence-corrected chi connectivity index (χ3v) is 3.62. The van der Waals surface area contributed by atoms with Crippen LogP contribution in [0.1, 0.15) is 30.4 Å². The maximum Gasteiger partial charge on any atom is 0.416 e. The van der Waals surface area contributed by atoms with E-state index in [1.807, 2.05) is 0 Å². The van der Waals surface area contributed by atoms with Gasteiger partial charge in [-0.1, -0.05) is 18.2 Å². The van der Waals surface area contributed by atoms with Crippen LogP contribution in [0.3, 0.4) is 0 Å². The lowest BCUT2D eigenvalue weighted by molar-refractivity contribution is -0.154. The summed E-state index contributed by atoms with van der Waals surface area (Å²) in [5.41, 5.74) is -0.471. The molecule has 1 heterocycles. The molecule has 1 aliphatic heterocycles. The monoisotopic (exact) mass is 315 g/mol. The van der Waals surface area contributed by atoms with E-state index in [0.717, 1.165) is 12.1 Å². The molecule has 1 aromatic rings. The first-order valence-electron chi connectivity index (χ1n) is 6.96. The molecular weight excluding hydrogens is 299 g/mol. The van der Waals surface area contributed by atoms with Crippen molar-refractivity contribution in [3.63, 3.8) is 0 Å². The van der Waals surface area contributed by atoms with Gasteiger partial charge in [-0.05, 0) is 25.0 Å². The highest BCUT2D eigenvalue weighted by Crippen LogP contribution is 2.36. The minimum Gasteiger partial charge on any atom is -0.465 e. The van der Waals surface area contributed by atoms with Crippen LogP contribution in [0, 0.1) is 5.92 Å². The molecule has 0 aromatic heterocycles. The third-order valence-electron chi connectivity index (χ3n) is 3.62. The SMILES string of the molecule is CCOC(=O)C1C(=O)NCCC1c1cccc(C(F)(F)F)c1. The summed E-state index contributed by atoms with van der Waals surface area (Å²) in [4.78, 5) is 23.9. The van der Waals surface area contributed by atoms with Crippen LogP contribution in [-0.2, 0) is 20.5 Å². The number of alkyl halides is 3. The second-order valence-corrected chi connectivity index (χ2v) is 5.04. The quantitative estimate of drug-likeness (QED) is 0.689. The number of benzene rings is 1. The average Bonchev–Trinajstić information content (AvgIpc) is 2.46. The van der Waals surface area contributed by atoms with E-state index >= 15 is 0 Å². The van der Waals surface area contributed by atoms with Gasteiger partial charge in [0, 0.05) is 12.5 Å². The third kappa shape index (κ3) is 3.40. The Balaban J connectivity index is 2.35. The summed E-state index contributed by atoms with van der Waals surface area (Å²) < 4.78 is 43.3. The van der Waals surface area contributed by atoms with E-state index in [9.17, 15) is 22.8 Å². The van der Waals surface area contributed by atoms with Crippen LogP contribution in [0.15, 0.2) is 24.3 Å². The zero-order valence-corrected chi connectivity index (χ0v) is 11.9. The van der Waals surface area contributed by atoms with Gasteiger partial charge in [0.25, 0.3) is 0 Å². The Bertz CT molecular complexity index is 571. The Labute approximate surface area is 125 Å². The molecule has 1 N–H and O–H groups in total. The smallest absolute Gasteiger partial charge is 0.416 e. The zero-order chi connectivity index (χ0) is 16.3. The van der Waals surface area contributed by atoms with Crippen LogP contribution in [0.2, 0.25) is 0 Å². The summed E-state index contributed by atoms with van der Waals surface area (Å²) in [5.74, 6) is -2.94. The molecule has 0 bridgehead atoms. The summed E-state index contributed by atoms with van der Waals surface area (Å²) in [5, 5.41) is 2.55. The summed E-state index contributed by atoms with van der Waals surface area (Å²) in [6, 6.07) is 4.75. The Morgan fingerprint density at radius 1 is 1.41 bits per heavy atom. The van der Waals surface area contributed by atoms with Gasteiger partial charge >= 0.3 is 12.1 Å². The number of hydrogen-bond donors (Lipinski definition) is 1. The molecule has 2 rings (SSSR count). The fourth-order valence-corrected chi connectivity index (χ4v) is 2.62. The van der Waals surface area contributed by atoms with Gasteiger partial charge in [-0.3, -0.25) is 9.59 Å². The van der Waals surface area contributed by atoms with Crippen molar-refractivity contribution in [2.75, 3.05) is 13.2 Å². The van der Waals surface area contributed by atoms with Gasteiger partial charge in [-0.25, -0.2) is 0 Å². The molecular formula is C15H16F3NO3. The van der Waals surface area contributed by atoms with Crippen molar-refractivity contribution in [1.29, 1.82) is 0 Å². The highest BCUT2D eigenvalue weighted by molar-refractivity contribution is 5.99. The number of halogens is 3. The fraction of sp³-hybridized carbons (Fsp3) is 0.467. The number of piperidine rings is 1. The van der Waals surface area contributed by atoms with Crippen LogP contribution in [0.4, 0.5) is 13.2 Å². The van der Waals surface area contributed by atoms with Gasteiger partial charge in [-0.2, -0.15) is 13.2 Å². The molecule has 0 saturated carbocycles. The number of carbonyl (C=O) groups excluding carboxylic acids is 2. The van der Waals surface area contributed by atoms with Gasteiger partial charge in [0.05, 0.1) is 12.2 Å². The number of hydrogen-bond acceptors (Lipinski definition) is 3. The summed E-state index contributed by atoms with van der Waals surface area (Å²) >= 11 is 0. The molecule has 4 nitrogen and oxygen atoms in total. The molecule has 22 heavy (non-hydrogen) atoms. The molecule has 120 valence electrons. The van der Waals surface area contributed by atoms with Crippen molar-refractivity contribution in [3.8, 4) is 0 Å². The normalized spacial score (nSPS) is 22.1. The average molecular weight is 315 g/mol.